The number of carbonyl (C=O) groups is 3. The van der Waals surface area contributed by atoms with Crippen molar-refractivity contribution in [2.45, 2.75) is 70.8 Å². The molecule has 1 rings (SSSR count). The lowest BCUT2D eigenvalue weighted by atomic mass is 10.1. The lowest BCUT2D eigenvalue weighted by molar-refractivity contribution is -0.137. The molecule has 0 spiro atoms. The molecular weight excluding hydrogens is 284 g/mol. The lowest BCUT2D eigenvalue weighted by Crippen LogP contribution is -2.39. The fourth-order valence-corrected chi connectivity index (χ4v) is 2.76. The average Bonchev–Trinajstić information content (AvgIpc) is 2.96. The molecule has 0 aliphatic heterocycles. The predicted octanol–water partition coefficient (Wildman–Crippen LogP) is 1.83. The fraction of sp³-hybridized carbons (Fsp3) is 0.812. The normalized spacial score (nSPS) is 16.2. The molecule has 0 aromatic heterocycles. The van der Waals surface area contributed by atoms with Crippen molar-refractivity contribution in [2.75, 3.05) is 6.54 Å². The minimum atomic E-state index is -0.782. The molecule has 3 N–H and O–H groups in total. The van der Waals surface area contributed by atoms with E-state index in [2.05, 4.69) is 10.6 Å². The van der Waals surface area contributed by atoms with Crippen LogP contribution in [-0.4, -0.2) is 35.5 Å². The number of hydrogen-bond acceptors (Lipinski definition) is 3. The van der Waals surface area contributed by atoms with E-state index in [0.717, 1.165) is 38.5 Å². The molecule has 6 heteroatoms. The molecule has 1 atom stereocenters. The highest BCUT2D eigenvalue weighted by molar-refractivity contribution is 5.81. The highest BCUT2D eigenvalue weighted by Crippen LogP contribution is 2.24. The molecule has 0 aromatic carbocycles. The van der Waals surface area contributed by atoms with Gasteiger partial charge in [-0.25, -0.2) is 0 Å². The molecule has 1 saturated carbocycles. The van der Waals surface area contributed by atoms with Crippen molar-refractivity contribution in [3.63, 3.8) is 0 Å². The molecular formula is C16H28N2O4. The molecule has 0 aromatic rings. The molecule has 0 radical (unpaired) electrons. The van der Waals surface area contributed by atoms with Crippen LogP contribution in [0.15, 0.2) is 0 Å². The van der Waals surface area contributed by atoms with E-state index >= 15 is 0 Å². The molecule has 1 fully saturated rings. The third kappa shape index (κ3) is 8.00. The van der Waals surface area contributed by atoms with Crippen molar-refractivity contribution < 1.29 is 19.5 Å². The van der Waals surface area contributed by atoms with Gasteiger partial charge < -0.3 is 15.7 Å². The first-order chi connectivity index (χ1) is 10.5. The molecule has 0 bridgehead atoms. The van der Waals surface area contributed by atoms with Gasteiger partial charge in [-0.2, -0.15) is 0 Å². The Balaban J connectivity index is 2.05. The van der Waals surface area contributed by atoms with Gasteiger partial charge in [-0.05, 0) is 32.6 Å². The number of hydrogen-bond donors (Lipinski definition) is 3. The Morgan fingerprint density at radius 1 is 1.14 bits per heavy atom. The average molecular weight is 312 g/mol. The van der Waals surface area contributed by atoms with E-state index in [4.69, 9.17) is 5.11 Å². The van der Waals surface area contributed by atoms with Gasteiger partial charge in [0.25, 0.3) is 0 Å². The minimum Gasteiger partial charge on any atom is -0.481 e. The van der Waals surface area contributed by atoms with Gasteiger partial charge >= 0.3 is 5.97 Å². The largest absolute Gasteiger partial charge is 0.481 e. The Labute approximate surface area is 132 Å². The number of carboxylic acids is 1. The zero-order chi connectivity index (χ0) is 16.4. The van der Waals surface area contributed by atoms with Crippen molar-refractivity contribution >= 4 is 17.8 Å². The molecule has 126 valence electrons. The molecule has 6 nitrogen and oxygen atoms in total. The van der Waals surface area contributed by atoms with E-state index in [1.54, 1.807) is 0 Å². The summed E-state index contributed by atoms with van der Waals surface area (Å²) in [5.41, 5.74) is 0. The molecule has 0 heterocycles. The number of rotatable bonds is 10. The summed E-state index contributed by atoms with van der Waals surface area (Å²) in [4.78, 5) is 34.0. The van der Waals surface area contributed by atoms with E-state index in [9.17, 15) is 14.4 Å². The van der Waals surface area contributed by atoms with Gasteiger partial charge in [-0.15, -0.1) is 0 Å². The maximum absolute atomic E-state index is 11.9. The Hall–Kier alpha value is -1.59. The first-order valence-corrected chi connectivity index (χ1v) is 8.28. The van der Waals surface area contributed by atoms with Gasteiger partial charge in [0.15, 0.2) is 0 Å². The van der Waals surface area contributed by atoms with Crippen molar-refractivity contribution in [3.8, 4) is 0 Å². The summed E-state index contributed by atoms with van der Waals surface area (Å²) < 4.78 is 0. The topological polar surface area (TPSA) is 95.5 Å². The summed E-state index contributed by atoms with van der Waals surface area (Å²) in [5.74, 6) is -0.653. The van der Waals surface area contributed by atoms with Gasteiger partial charge in [0.1, 0.15) is 0 Å². The van der Waals surface area contributed by atoms with Gasteiger partial charge in [0.05, 0.1) is 0 Å². The van der Waals surface area contributed by atoms with E-state index < -0.39 is 5.97 Å². The third-order valence-corrected chi connectivity index (χ3v) is 4.00. The summed E-state index contributed by atoms with van der Waals surface area (Å²) >= 11 is 0. The quantitative estimate of drug-likeness (QED) is 0.536. The van der Waals surface area contributed by atoms with Crippen LogP contribution < -0.4 is 10.6 Å². The second-order valence-corrected chi connectivity index (χ2v) is 6.15. The SMILES string of the molecule is CC(CC(=O)NCCCCCC(=O)O)NC(=O)C1CCCC1. The Morgan fingerprint density at radius 2 is 1.82 bits per heavy atom. The second kappa shape index (κ2) is 10.2. The van der Waals surface area contributed by atoms with Crippen LogP contribution in [0.1, 0.15) is 64.7 Å². The van der Waals surface area contributed by atoms with Crippen LogP contribution in [0.3, 0.4) is 0 Å². The van der Waals surface area contributed by atoms with Crippen LogP contribution in [0.5, 0.6) is 0 Å². The van der Waals surface area contributed by atoms with Crippen LogP contribution in [0.4, 0.5) is 0 Å². The number of carboxylic acid groups (broad SMARTS) is 1. The van der Waals surface area contributed by atoms with Crippen molar-refractivity contribution in [3.05, 3.63) is 0 Å². The summed E-state index contributed by atoms with van der Waals surface area (Å²) in [5, 5.41) is 14.2. The van der Waals surface area contributed by atoms with Crippen molar-refractivity contribution in [1.82, 2.24) is 10.6 Å². The van der Waals surface area contributed by atoms with Crippen molar-refractivity contribution in [1.29, 1.82) is 0 Å². The smallest absolute Gasteiger partial charge is 0.303 e. The zero-order valence-electron chi connectivity index (χ0n) is 13.4. The monoisotopic (exact) mass is 312 g/mol. The number of unbranched alkanes of at least 4 members (excludes halogenated alkanes) is 2. The van der Waals surface area contributed by atoms with Gasteiger partial charge in [0.2, 0.25) is 11.8 Å². The molecule has 1 unspecified atom stereocenters. The van der Waals surface area contributed by atoms with Crippen LogP contribution in [0, 0.1) is 5.92 Å². The lowest BCUT2D eigenvalue weighted by Gasteiger charge is -2.16. The second-order valence-electron chi connectivity index (χ2n) is 6.15. The van der Waals surface area contributed by atoms with Crippen molar-refractivity contribution in [2.24, 2.45) is 5.92 Å². The number of amides is 2. The summed E-state index contributed by atoms with van der Waals surface area (Å²) in [6, 6.07) is -0.153. The molecule has 2 amide bonds. The predicted molar refractivity (Wildman–Crippen MR) is 83.3 cm³/mol. The maximum Gasteiger partial charge on any atom is 0.303 e. The number of aliphatic carboxylic acids is 1. The first kappa shape index (κ1) is 18.5. The zero-order valence-corrected chi connectivity index (χ0v) is 13.4. The number of carbonyl (C=O) groups excluding carboxylic acids is 2. The van der Waals surface area contributed by atoms with E-state index in [0.29, 0.717) is 13.0 Å². The number of nitrogens with one attached hydrogen (secondary N) is 2. The Morgan fingerprint density at radius 3 is 2.45 bits per heavy atom. The molecule has 0 saturated heterocycles. The van der Waals surface area contributed by atoms with Crippen LogP contribution >= 0.6 is 0 Å². The fourth-order valence-electron chi connectivity index (χ4n) is 2.76. The summed E-state index contributed by atoms with van der Waals surface area (Å²) in [6.45, 7) is 2.40. The third-order valence-electron chi connectivity index (χ3n) is 4.00. The maximum atomic E-state index is 11.9. The Bertz CT molecular complexity index is 378. The van der Waals surface area contributed by atoms with E-state index in [1.807, 2.05) is 6.92 Å². The van der Waals surface area contributed by atoms with Crippen LogP contribution in [0.25, 0.3) is 0 Å². The highest BCUT2D eigenvalue weighted by Gasteiger charge is 2.24. The standard InChI is InChI=1S/C16H28N2O4/c1-12(18-16(22)13-7-4-5-8-13)11-14(19)17-10-6-2-3-9-15(20)21/h12-13H,2-11H2,1H3,(H,17,19)(H,18,22)(H,20,21). The molecule has 1 aliphatic carbocycles. The van der Waals surface area contributed by atoms with Crippen LogP contribution in [-0.2, 0) is 14.4 Å². The van der Waals surface area contributed by atoms with E-state index in [-0.39, 0.29) is 36.6 Å². The van der Waals surface area contributed by atoms with E-state index in [1.165, 1.54) is 0 Å². The molecule has 22 heavy (non-hydrogen) atoms. The van der Waals surface area contributed by atoms with Gasteiger partial charge in [-0.3, -0.25) is 14.4 Å². The van der Waals surface area contributed by atoms with Crippen LogP contribution in [0.2, 0.25) is 0 Å². The first-order valence-electron chi connectivity index (χ1n) is 8.28. The molecule has 1 aliphatic rings. The summed E-state index contributed by atoms with van der Waals surface area (Å²) in [7, 11) is 0. The van der Waals surface area contributed by atoms with Gasteiger partial charge in [-0.1, -0.05) is 19.3 Å². The summed E-state index contributed by atoms with van der Waals surface area (Å²) in [6.07, 6.45) is 6.83. The highest BCUT2D eigenvalue weighted by atomic mass is 16.4. The Kier molecular flexibility index (Phi) is 8.55. The minimum absolute atomic E-state index is 0.0718. The van der Waals surface area contributed by atoms with Gasteiger partial charge in [0, 0.05) is 31.3 Å².